The maximum atomic E-state index is 5.46. The molecule has 0 unspecified atom stereocenters. The van der Waals surface area contributed by atoms with Crippen molar-refractivity contribution in [3.63, 3.8) is 0 Å². The van der Waals surface area contributed by atoms with Gasteiger partial charge in [0.2, 0.25) is 0 Å². The predicted octanol–water partition coefficient (Wildman–Crippen LogP) is 1.87. The number of ether oxygens (including phenoxy) is 1. The van der Waals surface area contributed by atoms with Crippen LogP contribution in [0.5, 0.6) is 5.75 Å². The second-order valence-corrected chi connectivity index (χ2v) is 5.16. The molecule has 0 saturated carbocycles. The topological polar surface area (TPSA) is 31.5 Å². The molecule has 0 bridgehead atoms. The molecule has 0 saturated heterocycles. The number of quaternary nitrogens is 1. The van der Waals surface area contributed by atoms with Crippen molar-refractivity contribution < 1.29 is 9.64 Å². The van der Waals surface area contributed by atoms with Crippen LogP contribution in [-0.2, 0) is 6.54 Å². The van der Waals surface area contributed by atoms with Crippen molar-refractivity contribution in [3.8, 4) is 17.0 Å². The lowest BCUT2D eigenvalue weighted by atomic mass is 10.2. The van der Waals surface area contributed by atoms with Crippen LogP contribution in [0.1, 0.15) is 20.8 Å². The van der Waals surface area contributed by atoms with Crippen molar-refractivity contribution in [2.45, 2.75) is 27.3 Å². The van der Waals surface area contributed by atoms with Crippen molar-refractivity contribution in [1.82, 2.24) is 9.55 Å². The monoisotopic (exact) mass is 288 g/mol. The van der Waals surface area contributed by atoms with Crippen molar-refractivity contribution in [2.24, 2.45) is 0 Å². The van der Waals surface area contributed by atoms with Crippen molar-refractivity contribution in [3.05, 3.63) is 36.8 Å². The summed E-state index contributed by atoms with van der Waals surface area (Å²) < 4.78 is 7.64. The largest absolute Gasteiger partial charge is 0.494 e. The Bertz CT molecular complexity index is 529. The molecule has 0 aliphatic rings. The Labute approximate surface area is 127 Å². The Morgan fingerprint density at radius 1 is 1.10 bits per heavy atom. The van der Waals surface area contributed by atoms with Gasteiger partial charge in [0, 0.05) is 11.8 Å². The Morgan fingerprint density at radius 3 is 2.43 bits per heavy atom. The SMILES string of the molecule is CCOc1ccc(-c2cn(CC[NH+](CC)CC)cn2)cc1. The van der Waals surface area contributed by atoms with Gasteiger partial charge in [-0.2, -0.15) is 0 Å². The molecule has 21 heavy (non-hydrogen) atoms. The third kappa shape index (κ3) is 4.33. The van der Waals surface area contributed by atoms with Gasteiger partial charge >= 0.3 is 0 Å². The van der Waals surface area contributed by atoms with Crippen molar-refractivity contribution in [1.29, 1.82) is 0 Å². The fraction of sp³-hybridized carbons (Fsp3) is 0.471. The lowest BCUT2D eigenvalue weighted by Gasteiger charge is -2.15. The number of hydrogen-bond acceptors (Lipinski definition) is 2. The second kappa shape index (κ2) is 7.84. The van der Waals surface area contributed by atoms with E-state index in [0.29, 0.717) is 6.61 Å². The number of nitrogens with one attached hydrogen (secondary N) is 1. The minimum atomic E-state index is 0.696. The Morgan fingerprint density at radius 2 is 1.81 bits per heavy atom. The molecule has 4 heteroatoms. The van der Waals surface area contributed by atoms with Gasteiger partial charge in [-0.25, -0.2) is 4.98 Å². The molecule has 0 amide bonds. The molecule has 2 aromatic rings. The smallest absolute Gasteiger partial charge is 0.119 e. The zero-order valence-electron chi connectivity index (χ0n) is 13.3. The van der Waals surface area contributed by atoms with E-state index in [2.05, 4.69) is 41.7 Å². The first-order chi connectivity index (χ1) is 10.3. The van der Waals surface area contributed by atoms with E-state index in [-0.39, 0.29) is 0 Å². The maximum absolute atomic E-state index is 5.46. The summed E-state index contributed by atoms with van der Waals surface area (Å²) >= 11 is 0. The summed E-state index contributed by atoms with van der Waals surface area (Å²) in [6.45, 7) is 11.7. The average Bonchev–Trinajstić information content (AvgIpc) is 2.98. The highest BCUT2D eigenvalue weighted by Crippen LogP contribution is 2.20. The number of benzene rings is 1. The van der Waals surface area contributed by atoms with Gasteiger partial charge in [-0.05, 0) is 45.0 Å². The van der Waals surface area contributed by atoms with Gasteiger partial charge in [-0.1, -0.05) is 0 Å². The number of imidazole rings is 1. The Hall–Kier alpha value is -1.81. The van der Waals surface area contributed by atoms with Crippen LogP contribution < -0.4 is 9.64 Å². The highest BCUT2D eigenvalue weighted by atomic mass is 16.5. The van der Waals surface area contributed by atoms with Gasteiger partial charge in [0.15, 0.2) is 0 Å². The third-order valence-electron chi connectivity index (χ3n) is 3.82. The van der Waals surface area contributed by atoms with E-state index in [0.717, 1.165) is 30.1 Å². The molecule has 1 heterocycles. The van der Waals surface area contributed by atoms with Crippen LogP contribution in [0.2, 0.25) is 0 Å². The molecule has 0 aliphatic heterocycles. The number of nitrogens with zero attached hydrogens (tertiary/aromatic N) is 2. The fourth-order valence-electron chi connectivity index (χ4n) is 2.41. The minimum Gasteiger partial charge on any atom is -0.494 e. The van der Waals surface area contributed by atoms with Crippen LogP contribution in [0.3, 0.4) is 0 Å². The standard InChI is InChI=1S/C17H25N3O/c1-4-19(5-2)11-12-20-13-17(18-14-20)15-7-9-16(10-8-15)21-6-3/h7-10,13-14H,4-6,11-12H2,1-3H3/p+1. The minimum absolute atomic E-state index is 0.696. The van der Waals surface area contributed by atoms with E-state index in [1.54, 1.807) is 4.90 Å². The molecule has 0 atom stereocenters. The summed E-state index contributed by atoms with van der Waals surface area (Å²) in [7, 11) is 0. The van der Waals surface area contributed by atoms with Crippen molar-refractivity contribution in [2.75, 3.05) is 26.2 Å². The summed E-state index contributed by atoms with van der Waals surface area (Å²) in [5, 5.41) is 0. The van der Waals surface area contributed by atoms with Gasteiger partial charge in [0.25, 0.3) is 0 Å². The molecular formula is C17H26N3O+. The maximum Gasteiger partial charge on any atom is 0.119 e. The summed E-state index contributed by atoms with van der Waals surface area (Å²) in [6, 6.07) is 8.12. The van der Waals surface area contributed by atoms with Crippen LogP contribution in [0, 0.1) is 0 Å². The molecule has 1 aromatic heterocycles. The van der Waals surface area contributed by atoms with Gasteiger partial charge in [-0.3, -0.25) is 0 Å². The highest BCUT2D eigenvalue weighted by molar-refractivity contribution is 5.59. The van der Waals surface area contributed by atoms with E-state index in [1.165, 1.54) is 13.1 Å². The van der Waals surface area contributed by atoms with E-state index in [4.69, 9.17) is 4.74 Å². The van der Waals surface area contributed by atoms with Crippen LogP contribution >= 0.6 is 0 Å². The molecule has 0 radical (unpaired) electrons. The highest BCUT2D eigenvalue weighted by Gasteiger charge is 2.05. The predicted molar refractivity (Wildman–Crippen MR) is 85.7 cm³/mol. The molecule has 4 nitrogen and oxygen atoms in total. The van der Waals surface area contributed by atoms with Crippen LogP contribution in [0.4, 0.5) is 0 Å². The van der Waals surface area contributed by atoms with Crippen LogP contribution in [0.15, 0.2) is 36.8 Å². The van der Waals surface area contributed by atoms with Gasteiger partial charge in [0.1, 0.15) is 5.75 Å². The van der Waals surface area contributed by atoms with Crippen LogP contribution in [0.25, 0.3) is 11.3 Å². The van der Waals surface area contributed by atoms with Gasteiger partial charge in [0.05, 0.1) is 44.8 Å². The lowest BCUT2D eigenvalue weighted by Crippen LogP contribution is -3.11. The van der Waals surface area contributed by atoms with Crippen molar-refractivity contribution >= 4 is 0 Å². The second-order valence-electron chi connectivity index (χ2n) is 5.16. The Kier molecular flexibility index (Phi) is 5.81. The molecule has 1 N–H and O–H groups in total. The molecule has 0 spiro atoms. The van der Waals surface area contributed by atoms with E-state index in [1.807, 2.05) is 25.4 Å². The quantitative estimate of drug-likeness (QED) is 0.804. The molecule has 0 aliphatic carbocycles. The average molecular weight is 288 g/mol. The summed E-state index contributed by atoms with van der Waals surface area (Å²) in [5.74, 6) is 0.908. The summed E-state index contributed by atoms with van der Waals surface area (Å²) in [5.41, 5.74) is 2.15. The first-order valence-corrected chi connectivity index (χ1v) is 7.85. The van der Waals surface area contributed by atoms with Gasteiger partial charge < -0.3 is 14.2 Å². The van der Waals surface area contributed by atoms with Gasteiger partial charge in [-0.15, -0.1) is 0 Å². The number of likely N-dealkylation sites (N-methyl/N-ethyl adjacent to an activating group) is 1. The lowest BCUT2D eigenvalue weighted by molar-refractivity contribution is -0.897. The summed E-state index contributed by atoms with van der Waals surface area (Å²) in [4.78, 5) is 6.12. The number of hydrogen-bond donors (Lipinski definition) is 1. The van der Waals surface area contributed by atoms with E-state index >= 15 is 0 Å². The van der Waals surface area contributed by atoms with E-state index < -0.39 is 0 Å². The number of aromatic nitrogens is 2. The molecular weight excluding hydrogens is 262 g/mol. The molecule has 2 rings (SSSR count). The third-order valence-corrected chi connectivity index (χ3v) is 3.82. The zero-order chi connectivity index (χ0) is 15.1. The van der Waals surface area contributed by atoms with Crippen LogP contribution in [-0.4, -0.2) is 35.8 Å². The molecule has 114 valence electrons. The zero-order valence-corrected chi connectivity index (χ0v) is 13.3. The normalized spacial score (nSPS) is 11.0. The molecule has 0 fully saturated rings. The summed E-state index contributed by atoms with van der Waals surface area (Å²) in [6.07, 6.45) is 4.05. The first kappa shape index (κ1) is 15.6. The molecule has 1 aromatic carbocycles. The van der Waals surface area contributed by atoms with E-state index in [9.17, 15) is 0 Å². The number of rotatable bonds is 8. The Balaban J connectivity index is 1.98. The fourth-order valence-corrected chi connectivity index (χ4v) is 2.41. The first-order valence-electron chi connectivity index (χ1n) is 7.85.